The summed E-state index contributed by atoms with van der Waals surface area (Å²) in [5, 5.41) is 1.19. The molecule has 2 fully saturated rings. The lowest BCUT2D eigenvalue weighted by molar-refractivity contribution is 0.312. The minimum absolute atomic E-state index is 0.681. The van der Waals surface area contributed by atoms with Gasteiger partial charge >= 0.3 is 0 Å². The van der Waals surface area contributed by atoms with Gasteiger partial charge in [-0.3, -0.25) is 0 Å². The fourth-order valence-electron chi connectivity index (χ4n) is 3.66. The Bertz CT molecular complexity index is 903. The first-order chi connectivity index (χ1) is 12.3. The molecule has 3 aromatic rings. The number of piperazine rings is 1. The molecule has 0 radical (unpaired) electrons. The second kappa shape index (κ2) is 5.85. The SMILES string of the molecule is CN1CCN(c2cc(-c3c[nH]c4nc(C5CC5)ccc34)ccn2)CC1. The zero-order valence-corrected chi connectivity index (χ0v) is 14.6. The number of H-pyrrole nitrogens is 1. The Kier molecular flexibility index (Phi) is 3.48. The first kappa shape index (κ1) is 14.9. The van der Waals surface area contributed by atoms with Crippen molar-refractivity contribution in [2.45, 2.75) is 18.8 Å². The Morgan fingerprint density at radius 1 is 1.08 bits per heavy atom. The molecule has 0 amide bonds. The van der Waals surface area contributed by atoms with E-state index >= 15 is 0 Å². The zero-order valence-electron chi connectivity index (χ0n) is 14.6. The third-order valence-corrected chi connectivity index (χ3v) is 5.44. The lowest BCUT2D eigenvalue weighted by atomic mass is 10.1. The van der Waals surface area contributed by atoms with E-state index in [0.717, 1.165) is 37.6 Å². The number of nitrogens with one attached hydrogen (secondary N) is 1. The monoisotopic (exact) mass is 333 g/mol. The van der Waals surface area contributed by atoms with Crippen molar-refractivity contribution in [1.29, 1.82) is 0 Å². The van der Waals surface area contributed by atoms with Gasteiger partial charge in [0.25, 0.3) is 0 Å². The number of hydrogen-bond acceptors (Lipinski definition) is 4. The van der Waals surface area contributed by atoms with Crippen molar-refractivity contribution in [2.75, 3.05) is 38.1 Å². The van der Waals surface area contributed by atoms with Crippen LogP contribution < -0.4 is 4.90 Å². The van der Waals surface area contributed by atoms with Crippen molar-refractivity contribution in [3.8, 4) is 11.1 Å². The highest BCUT2D eigenvalue weighted by atomic mass is 15.3. The van der Waals surface area contributed by atoms with Gasteiger partial charge in [-0.1, -0.05) is 0 Å². The Hall–Kier alpha value is -2.40. The standard InChI is InChI=1S/C20H23N5/c1-24-8-10-25(11-9-24)19-12-15(6-7-21-19)17-13-22-20-16(17)4-5-18(23-20)14-2-3-14/h4-7,12-14H,2-3,8-11H2,1H3,(H,22,23). The molecule has 0 aromatic carbocycles. The third-order valence-electron chi connectivity index (χ3n) is 5.44. The van der Waals surface area contributed by atoms with Crippen LogP contribution in [0.25, 0.3) is 22.2 Å². The van der Waals surface area contributed by atoms with Crippen LogP contribution in [0.2, 0.25) is 0 Å². The zero-order chi connectivity index (χ0) is 16.8. The average molecular weight is 333 g/mol. The van der Waals surface area contributed by atoms with Crippen LogP contribution in [0.15, 0.2) is 36.7 Å². The Balaban J connectivity index is 1.48. The molecule has 5 heteroatoms. The van der Waals surface area contributed by atoms with Gasteiger partial charge in [-0.05, 0) is 49.7 Å². The summed E-state index contributed by atoms with van der Waals surface area (Å²) in [6, 6.07) is 8.72. The molecule has 1 aliphatic carbocycles. The van der Waals surface area contributed by atoms with Crippen molar-refractivity contribution in [1.82, 2.24) is 19.9 Å². The number of pyridine rings is 2. The summed E-state index contributed by atoms with van der Waals surface area (Å²) < 4.78 is 0. The second-order valence-electron chi connectivity index (χ2n) is 7.30. The maximum Gasteiger partial charge on any atom is 0.138 e. The molecule has 0 spiro atoms. The maximum absolute atomic E-state index is 4.82. The fourth-order valence-corrected chi connectivity index (χ4v) is 3.66. The van der Waals surface area contributed by atoms with Gasteiger partial charge in [0, 0.05) is 61.1 Å². The number of anilines is 1. The van der Waals surface area contributed by atoms with E-state index in [4.69, 9.17) is 4.98 Å². The van der Waals surface area contributed by atoms with Crippen LogP contribution in [0.5, 0.6) is 0 Å². The summed E-state index contributed by atoms with van der Waals surface area (Å²) in [6.45, 7) is 4.25. The molecule has 25 heavy (non-hydrogen) atoms. The van der Waals surface area contributed by atoms with E-state index in [1.54, 1.807) is 0 Å². The summed E-state index contributed by atoms with van der Waals surface area (Å²) in [7, 11) is 2.18. The second-order valence-corrected chi connectivity index (χ2v) is 7.30. The minimum atomic E-state index is 0.681. The van der Waals surface area contributed by atoms with Crippen molar-refractivity contribution in [3.05, 3.63) is 42.4 Å². The van der Waals surface area contributed by atoms with Crippen LogP contribution in [-0.2, 0) is 0 Å². The summed E-state index contributed by atoms with van der Waals surface area (Å²) in [5.41, 5.74) is 4.64. The smallest absolute Gasteiger partial charge is 0.138 e. The molecule has 1 saturated heterocycles. The largest absolute Gasteiger partial charge is 0.354 e. The van der Waals surface area contributed by atoms with E-state index in [9.17, 15) is 0 Å². The first-order valence-electron chi connectivity index (χ1n) is 9.16. The molecular weight excluding hydrogens is 310 g/mol. The number of rotatable bonds is 3. The lowest BCUT2D eigenvalue weighted by Gasteiger charge is -2.33. The van der Waals surface area contributed by atoms with E-state index < -0.39 is 0 Å². The Labute approximate surface area is 147 Å². The number of hydrogen-bond donors (Lipinski definition) is 1. The average Bonchev–Trinajstić information content (AvgIpc) is 3.41. The Morgan fingerprint density at radius 2 is 1.92 bits per heavy atom. The molecular formula is C20H23N5. The quantitative estimate of drug-likeness (QED) is 0.799. The molecule has 0 bridgehead atoms. The summed E-state index contributed by atoms with van der Waals surface area (Å²) >= 11 is 0. The van der Waals surface area contributed by atoms with Crippen LogP contribution >= 0.6 is 0 Å². The van der Waals surface area contributed by atoms with Crippen LogP contribution in [-0.4, -0.2) is 53.1 Å². The molecule has 5 nitrogen and oxygen atoms in total. The van der Waals surface area contributed by atoms with Crippen molar-refractivity contribution >= 4 is 16.9 Å². The van der Waals surface area contributed by atoms with E-state index in [1.165, 1.54) is 35.0 Å². The van der Waals surface area contributed by atoms with Crippen molar-refractivity contribution in [2.24, 2.45) is 0 Å². The van der Waals surface area contributed by atoms with Crippen molar-refractivity contribution < 1.29 is 0 Å². The normalized spacial score (nSPS) is 18.8. The van der Waals surface area contributed by atoms with Crippen LogP contribution in [0.4, 0.5) is 5.82 Å². The molecule has 2 aliphatic rings. The van der Waals surface area contributed by atoms with E-state index in [2.05, 4.69) is 57.3 Å². The maximum atomic E-state index is 4.82. The van der Waals surface area contributed by atoms with Gasteiger partial charge in [-0.2, -0.15) is 0 Å². The predicted octanol–water partition coefficient (Wildman–Crippen LogP) is 3.25. The van der Waals surface area contributed by atoms with Gasteiger partial charge in [0.2, 0.25) is 0 Å². The first-order valence-corrected chi connectivity index (χ1v) is 9.16. The summed E-state index contributed by atoms with van der Waals surface area (Å²) in [5.74, 6) is 1.75. The van der Waals surface area contributed by atoms with Gasteiger partial charge in [0.15, 0.2) is 0 Å². The third kappa shape index (κ3) is 2.78. The van der Waals surface area contributed by atoms with Gasteiger partial charge < -0.3 is 14.8 Å². The van der Waals surface area contributed by atoms with E-state index in [1.807, 2.05) is 6.20 Å². The fraction of sp³-hybridized carbons (Fsp3) is 0.400. The van der Waals surface area contributed by atoms with E-state index in [0.29, 0.717) is 5.92 Å². The number of fused-ring (bicyclic) bond motifs is 1. The van der Waals surface area contributed by atoms with E-state index in [-0.39, 0.29) is 0 Å². The molecule has 1 saturated carbocycles. The highest BCUT2D eigenvalue weighted by molar-refractivity contribution is 5.94. The molecule has 0 atom stereocenters. The number of likely N-dealkylation sites (N-methyl/N-ethyl adjacent to an activating group) is 1. The van der Waals surface area contributed by atoms with Gasteiger partial charge in [0.05, 0.1) is 0 Å². The van der Waals surface area contributed by atoms with Crippen LogP contribution in [0.3, 0.4) is 0 Å². The molecule has 0 unspecified atom stereocenters. The molecule has 3 aromatic heterocycles. The number of aromatic nitrogens is 3. The molecule has 1 N–H and O–H groups in total. The summed E-state index contributed by atoms with van der Waals surface area (Å²) in [6.07, 6.45) is 6.57. The highest BCUT2D eigenvalue weighted by Gasteiger charge is 2.25. The van der Waals surface area contributed by atoms with Gasteiger partial charge in [-0.25, -0.2) is 9.97 Å². The van der Waals surface area contributed by atoms with Gasteiger partial charge in [-0.15, -0.1) is 0 Å². The number of nitrogens with zero attached hydrogens (tertiary/aromatic N) is 4. The van der Waals surface area contributed by atoms with Gasteiger partial charge in [0.1, 0.15) is 11.5 Å². The number of aromatic amines is 1. The van der Waals surface area contributed by atoms with Crippen molar-refractivity contribution in [3.63, 3.8) is 0 Å². The lowest BCUT2D eigenvalue weighted by Crippen LogP contribution is -2.44. The topological polar surface area (TPSA) is 48.0 Å². The molecule has 5 rings (SSSR count). The highest BCUT2D eigenvalue weighted by Crippen LogP contribution is 2.40. The molecule has 128 valence electrons. The Morgan fingerprint density at radius 3 is 2.72 bits per heavy atom. The minimum Gasteiger partial charge on any atom is -0.354 e. The summed E-state index contributed by atoms with van der Waals surface area (Å²) in [4.78, 5) is 17.5. The van der Waals surface area contributed by atoms with Crippen LogP contribution in [0, 0.1) is 0 Å². The molecule has 1 aliphatic heterocycles. The molecule has 4 heterocycles. The van der Waals surface area contributed by atoms with Crippen LogP contribution in [0.1, 0.15) is 24.5 Å². The predicted molar refractivity (Wildman–Crippen MR) is 101 cm³/mol.